The second-order valence-electron chi connectivity index (χ2n) is 8.43. The first kappa shape index (κ1) is 23.2. The monoisotopic (exact) mass is 478 g/mol. The zero-order chi connectivity index (χ0) is 24.9. The van der Waals surface area contributed by atoms with Gasteiger partial charge in [0.2, 0.25) is 5.43 Å². The Hall–Kier alpha value is -4.59. The van der Waals surface area contributed by atoms with Gasteiger partial charge in [-0.3, -0.25) is 9.48 Å². The number of hydrogen-bond acceptors (Lipinski definition) is 6. The Labute approximate surface area is 208 Å². The number of ether oxygens (including phenoxy) is 1. The average Bonchev–Trinajstić information content (AvgIpc) is 3.42. The van der Waals surface area contributed by atoms with Crippen LogP contribution in [0.4, 0.5) is 0 Å². The van der Waals surface area contributed by atoms with E-state index in [1.54, 1.807) is 35.5 Å². The van der Waals surface area contributed by atoms with Crippen LogP contribution in [0.1, 0.15) is 36.6 Å². The molecule has 5 rings (SSSR count). The van der Waals surface area contributed by atoms with Crippen LogP contribution in [-0.2, 0) is 13.2 Å². The second-order valence-corrected chi connectivity index (χ2v) is 8.43. The maximum absolute atomic E-state index is 12.7. The minimum Gasteiger partial charge on any atom is -0.486 e. The van der Waals surface area contributed by atoms with E-state index < -0.39 is 0 Å². The van der Waals surface area contributed by atoms with E-state index in [2.05, 4.69) is 20.2 Å². The lowest BCUT2D eigenvalue weighted by Crippen LogP contribution is -2.18. The molecule has 0 bridgehead atoms. The Kier molecular flexibility index (Phi) is 6.66. The first-order valence-corrected chi connectivity index (χ1v) is 11.8. The predicted octanol–water partition coefficient (Wildman–Crippen LogP) is 4.64. The Morgan fingerprint density at radius 3 is 2.53 bits per heavy atom. The topological polar surface area (TPSA) is 87.7 Å². The smallest absolute Gasteiger partial charge is 0.203 e. The van der Waals surface area contributed by atoms with Crippen LogP contribution >= 0.6 is 0 Å². The van der Waals surface area contributed by atoms with Gasteiger partial charge in [-0.1, -0.05) is 55.5 Å². The summed E-state index contributed by atoms with van der Waals surface area (Å²) < 4.78 is 9.30. The van der Waals surface area contributed by atoms with Gasteiger partial charge >= 0.3 is 0 Å². The van der Waals surface area contributed by atoms with Gasteiger partial charge in [-0.2, -0.15) is 10.2 Å². The quantitative estimate of drug-likeness (QED) is 0.323. The van der Waals surface area contributed by atoms with Gasteiger partial charge in [0.15, 0.2) is 11.6 Å². The molecular weight excluding hydrogens is 452 g/mol. The number of rotatable bonds is 8. The highest BCUT2D eigenvalue weighted by Gasteiger charge is 2.16. The molecule has 3 aromatic heterocycles. The molecule has 180 valence electrons. The van der Waals surface area contributed by atoms with Crippen LogP contribution < -0.4 is 10.2 Å². The van der Waals surface area contributed by atoms with Crippen molar-refractivity contribution in [3.8, 4) is 22.8 Å². The van der Waals surface area contributed by atoms with Crippen LogP contribution in [0.25, 0.3) is 17.1 Å². The van der Waals surface area contributed by atoms with Crippen molar-refractivity contribution in [2.45, 2.75) is 32.9 Å². The molecule has 0 spiro atoms. The van der Waals surface area contributed by atoms with E-state index in [0.717, 1.165) is 28.9 Å². The molecule has 0 aliphatic heterocycles. The molecule has 36 heavy (non-hydrogen) atoms. The number of nitrogens with zero attached hydrogens (tertiary/aromatic N) is 6. The third-order valence-corrected chi connectivity index (χ3v) is 5.97. The maximum Gasteiger partial charge on any atom is 0.203 e. The van der Waals surface area contributed by atoms with E-state index in [1.165, 1.54) is 0 Å². The first-order valence-electron chi connectivity index (χ1n) is 11.8. The predicted molar refractivity (Wildman–Crippen MR) is 137 cm³/mol. The van der Waals surface area contributed by atoms with E-state index in [-0.39, 0.29) is 11.3 Å². The molecule has 3 heterocycles. The molecule has 0 radical (unpaired) electrons. The van der Waals surface area contributed by atoms with E-state index in [0.29, 0.717) is 23.9 Å². The lowest BCUT2D eigenvalue weighted by molar-refractivity contribution is 0.303. The molecule has 1 atom stereocenters. The van der Waals surface area contributed by atoms with Crippen LogP contribution in [0.3, 0.4) is 0 Å². The largest absolute Gasteiger partial charge is 0.486 e. The van der Waals surface area contributed by atoms with E-state index in [4.69, 9.17) is 4.74 Å². The zero-order valence-corrected chi connectivity index (χ0v) is 20.2. The normalized spacial score (nSPS) is 11.8. The van der Waals surface area contributed by atoms with Crippen molar-refractivity contribution in [2.75, 3.05) is 0 Å². The summed E-state index contributed by atoms with van der Waals surface area (Å²) in [6.45, 7) is 5.21. The summed E-state index contributed by atoms with van der Waals surface area (Å²) in [6, 6.07) is 19.4. The molecule has 0 aliphatic rings. The summed E-state index contributed by atoms with van der Waals surface area (Å²) in [7, 11) is 0. The SMILES string of the molecule is CCn1cc(-n2ccc(=O)c(C(C)c3cccc(-c4ncc(OCc5ccccc5)cn4)c3)n2)cn1. The van der Waals surface area contributed by atoms with Gasteiger partial charge in [0.1, 0.15) is 18.0 Å². The lowest BCUT2D eigenvalue weighted by Gasteiger charge is -2.13. The minimum atomic E-state index is -0.223. The first-order chi connectivity index (χ1) is 17.6. The fourth-order valence-electron chi connectivity index (χ4n) is 3.90. The number of aromatic nitrogens is 6. The fourth-order valence-corrected chi connectivity index (χ4v) is 3.90. The summed E-state index contributed by atoms with van der Waals surface area (Å²) >= 11 is 0. The van der Waals surface area contributed by atoms with Crippen LogP contribution in [0, 0.1) is 0 Å². The van der Waals surface area contributed by atoms with Gasteiger partial charge in [0.05, 0.1) is 24.8 Å². The lowest BCUT2D eigenvalue weighted by atomic mass is 9.95. The van der Waals surface area contributed by atoms with Crippen molar-refractivity contribution in [1.82, 2.24) is 29.5 Å². The molecule has 0 saturated carbocycles. The molecule has 0 amide bonds. The summed E-state index contributed by atoms with van der Waals surface area (Å²) in [5.41, 5.74) is 4.05. The van der Waals surface area contributed by atoms with Gasteiger partial charge in [-0.05, 0) is 24.1 Å². The van der Waals surface area contributed by atoms with Crippen molar-refractivity contribution < 1.29 is 4.74 Å². The molecule has 0 fully saturated rings. The standard InChI is InChI=1S/C28H26N6O2/c1-3-33-18-24(15-31-33)34-13-12-26(35)27(32-34)20(2)22-10-7-11-23(14-22)28-29-16-25(17-30-28)36-19-21-8-5-4-6-9-21/h4-18,20H,3,19H2,1-2H3. The van der Waals surface area contributed by atoms with Gasteiger partial charge in [-0.25, -0.2) is 14.6 Å². The van der Waals surface area contributed by atoms with Crippen molar-refractivity contribution in [1.29, 1.82) is 0 Å². The van der Waals surface area contributed by atoms with Crippen molar-refractivity contribution in [3.05, 3.63) is 119 Å². The van der Waals surface area contributed by atoms with Gasteiger partial charge in [0.25, 0.3) is 0 Å². The number of hydrogen-bond donors (Lipinski definition) is 0. The van der Waals surface area contributed by atoms with E-state index in [1.807, 2.05) is 79.3 Å². The highest BCUT2D eigenvalue weighted by molar-refractivity contribution is 5.57. The average molecular weight is 479 g/mol. The summed E-state index contributed by atoms with van der Waals surface area (Å²) in [4.78, 5) is 21.7. The van der Waals surface area contributed by atoms with Crippen LogP contribution in [0.2, 0.25) is 0 Å². The highest BCUT2D eigenvalue weighted by Crippen LogP contribution is 2.25. The van der Waals surface area contributed by atoms with Crippen LogP contribution in [0.5, 0.6) is 5.75 Å². The molecule has 0 saturated heterocycles. The zero-order valence-electron chi connectivity index (χ0n) is 20.2. The summed E-state index contributed by atoms with van der Waals surface area (Å²) in [6.07, 6.45) is 8.66. The third kappa shape index (κ3) is 5.07. The molecule has 8 heteroatoms. The maximum atomic E-state index is 12.7. The molecule has 2 aromatic carbocycles. The second kappa shape index (κ2) is 10.4. The van der Waals surface area contributed by atoms with Crippen molar-refractivity contribution in [2.24, 2.45) is 0 Å². The number of benzene rings is 2. The number of aryl methyl sites for hydroxylation is 1. The Bertz CT molecular complexity index is 1510. The molecule has 8 nitrogen and oxygen atoms in total. The Morgan fingerprint density at radius 2 is 1.78 bits per heavy atom. The fraction of sp³-hybridized carbons (Fsp3) is 0.179. The molecule has 1 unspecified atom stereocenters. The minimum absolute atomic E-state index is 0.108. The van der Waals surface area contributed by atoms with Crippen molar-refractivity contribution >= 4 is 0 Å². The Morgan fingerprint density at radius 1 is 0.972 bits per heavy atom. The Balaban J connectivity index is 1.35. The highest BCUT2D eigenvalue weighted by atomic mass is 16.5. The van der Waals surface area contributed by atoms with Gasteiger partial charge in [-0.15, -0.1) is 0 Å². The van der Waals surface area contributed by atoms with Gasteiger partial charge < -0.3 is 4.74 Å². The molecule has 0 N–H and O–H groups in total. The van der Waals surface area contributed by atoms with E-state index >= 15 is 0 Å². The van der Waals surface area contributed by atoms with Gasteiger partial charge in [0, 0.05) is 30.3 Å². The van der Waals surface area contributed by atoms with Crippen molar-refractivity contribution in [3.63, 3.8) is 0 Å². The van der Waals surface area contributed by atoms with Crippen LogP contribution in [-0.4, -0.2) is 29.5 Å². The summed E-state index contributed by atoms with van der Waals surface area (Å²) in [5, 5.41) is 8.93. The molecule has 5 aromatic rings. The van der Waals surface area contributed by atoms with E-state index in [9.17, 15) is 4.79 Å². The summed E-state index contributed by atoms with van der Waals surface area (Å²) in [5.74, 6) is 0.966. The molecule has 0 aliphatic carbocycles. The third-order valence-electron chi connectivity index (χ3n) is 5.97. The van der Waals surface area contributed by atoms with Crippen LogP contribution in [0.15, 0.2) is 96.4 Å². The molecular formula is C28H26N6O2.